The molecule has 1 saturated heterocycles. The zero-order valence-electron chi connectivity index (χ0n) is 11.9. The highest BCUT2D eigenvalue weighted by molar-refractivity contribution is 5.74. The molecule has 2 N–H and O–H groups in total. The van der Waals surface area contributed by atoms with Crippen LogP contribution in [-0.4, -0.2) is 64.6 Å². The van der Waals surface area contributed by atoms with Crippen LogP contribution in [0.2, 0.25) is 0 Å². The Balaban J connectivity index is 1.69. The Hall–Kier alpha value is -2.15. The second kappa shape index (κ2) is 7.58. The molecular weight excluding hydrogens is 272 g/mol. The van der Waals surface area contributed by atoms with Crippen LogP contribution in [0, 0.1) is 0 Å². The molecule has 1 aliphatic heterocycles. The van der Waals surface area contributed by atoms with Gasteiger partial charge in [0.1, 0.15) is 0 Å². The Bertz CT molecular complexity index is 472. The number of amides is 2. The van der Waals surface area contributed by atoms with E-state index in [9.17, 15) is 9.59 Å². The van der Waals surface area contributed by atoms with Crippen molar-refractivity contribution in [1.29, 1.82) is 0 Å². The minimum Gasteiger partial charge on any atom is -0.481 e. The summed E-state index contributed by atoms with van der Waals surface area (Å²) >= 11 is 0. The molecular formula is C14H20N4O3. The fraction of sp³-hybridized carbons (Fsp3) is 0.500. The van der Waals surface area contributed by atoms with Gasteiger partial charge in [0.25, 0.3) is 0 Å². The van der Waals surface area contributed by atoms with Crippen molar-refractivity contribution in [2.24, 2.45) is 0 Å². The van der Waals surface area contributed by atoms with Crippen molar-refractivity contribution in [2.45, 2.75) is 13.0 Å². The lowest BCUT2D eigenvalue weighted by atomic mass is 10.2. The first-order valence-corrected chi connectivity index (χ1v) is 7.01. The molecule has 1 aromatic heterocycles. The van der Waals surface area contributed by atoms with E-state index in [1.807, 2.05) is 12.1 Å². The number of piperazine rings is 1. The van der Waals surface area contributed by atoms with Crippen molar-refractivity contribution >= 4 is 12.0 Å². The largest absolute Gasteiger partial charge is 0.481 e. The van der Waals surface area contributed by atoms with Gasteiger partial charge in [-0.15, -0.1) is 0 Å². The average molecular weight is 292 g/mol. The van der Waals surface area contributed by atoms with E-state index in [2.05, 4.69) is 15.2 Å². The van der Waals surface area contributed by atoms with E-state index in [4.69, 9.17) is 5.11 Å². The summed E-state index contributed by atoms with van der Waals surface area (Å²) in [6, 6.07) is 3.65. The predicted molar refractivity (Wildman–Crippen MR) is 76.7 cm³/mol. The minimum atomic E-state index is -0.785. The summed E-state index contributed by atoms with van der Waals surface area (Å²) in [5, 5.41) is 11.5. The van der Waals surface area contributed by atoms with Crippen molar-refractivity contribution in [2.75, 3.05) is 32.7 Å². The predicted octanol–water partition coefficient (Wildman–Crippen LogP) is 0.384. The minimum absolute atomic E-state index is 0.0790. The molecule has 0 aromatic carbocycles. The molecule has 0 atom stereocenters. The van der Waals surface area contributed by atoms with E-state index in [0.29, 0.717) is 26.2 Å². The maximum absolute atomic E-state index is 12.0. The number of hydrogen-bond donors (Lipinski definition) is 2. The second-order valence-corrected chi connectivity index (χ2v) is 4.99. The Labute approximate surface area is 123 Å². The molecule has 0 saturated carbocycles. The van der Waals surface area contributed by atoms with Gasteiger partial charge in [0.2, 0.25) is 0 Å². The first-order chi connectivity index (χ1) is 10.1. The van der Waals surface area contributed by atoms with E-state index in [0.717, 1.165) is 18.7 Å². The first kappa shape index (κ1) is 15.2. The van der Waals surface area contributed by atoms with E-state index < -0.39 is 5.97 Å². The molecule has 7 heteroatoms. The highest BCUT2D eigenvalue weighted by Crippen LogP contribution is 2.04. The lowest BCUT2D eigenvalue weighted by Gasteiger charge is -2.34. The summed E-state index contributed by atoms with van der Waals surface area (Å²) in [4.78, 5) is 30.3. The maximum atomic E-state index is 12.0. The van der Waals surface area contributed by atoms with Crippen molar-refractivity contribution in [1.82, 2.24) is 20.1 Å². The number of aliphatic carboxylic acids is 1. The van der Waals surface area contributed by atoms with Gasteiger partial charge in [0.05, 0.1) is 6.42 Å². The van der Waals surface area contributed by atoms with Gasteiger partial charge in [-0.1, -0.05) is 0 Å². The highest BCUT2D eigenvalue weighted by Gasteiger charge is 2.20. The number of pyridine rings is 1. The van der Waals surface area contributed by atoms with Crippen molar-refractivity contribution < 1.29 is 14.7 Å². The SMILES string of the molecule is O=C(O)CCN1CCN(C(=O)NCc2ccncc2)CC1. The number of rotatable bonds is 5. The molecule has 0 radical (unpaired) electrons. The first-order valence-electron chi connectivity index (χ1n) is 7.01. The summed E-state index contributed by atoms with van der Waals surface area (Å²) < 4.78 is 0. The van der Waals surface area contributed by atoms with Crippen LogP contribution in [-0.2, 0) is 11.3 Å². The molecule has 7 nitrogen and oxygen atoms in total. The molecule has 1 aromatic rings. The van der Waals surface area contributed by atoms with Gasteiger partial charge < -0.3 is 15.3 Å². The molecule has 2 amide bonds. The molecule has 114 valence electrons. The fourth-order valence-electron chi connectivity index (χ4n) is 2.22. The number of urea groups is 1. The Morgan fingerprint density at radius 3 is 2.48 bits per heavy atom. The van der Waals surface area contributed by atoms with Crippen LogP contribution in [0.5, 0.6) is 0 Å². The molecule has 1 fully saturated rings. The van der Waals surface area contributed by atoms with Gasteiger partial charge >= 0.3 is 12.0 Å². The number of hydrogen-bond acceptors (Lipinski definition) is 4. The molecule has 0 unspecified atom stereocenters. The van der Waals surface area contributed by atoms with Crippen LogP contribution in [0.3, 0.4) is 0 Å². The number of carboxylic acid groups (broad SMARTS) is 1. The topological polar surface area (TPSA) is 85.8 Å². The lowest BCUT2D eigenvalue weighted by Crippen LogP contribution is -2.51. The Kier molecular flexibility index (Phi) is 5.51. The second-order valence-electron chi connectivity index (χ2n) is 4.99. The van der Waals surface area contributed by atoms with Crippen LogP contribution in [0.4, 0.5) is 4.79 Å². The van der Waals surface area contributed by atoms with Crippen molar-refractivity contribution in [3.8, 4) is 0 Å². The zero-order chi connectivity index (χ0) is 15.1. The van der Waals surface area contributed by atoms with Gasteiger partial charge in [0, 0.05) is 51.7 Å². The average Bonchev–Trinajstić information content (AvgIpc) is 2.52. The summed E-state index contributed by atoms with van der Waals surface area (Å²) in [7, 11) is 0. The summed E-state index contributed by atoms with van der Waals surface area (Å²) in [6.45, 7) is 3.72. The van der Waals surface area contributed by atoms with Gasteiger partial charge in [0.15, 0.2) is 0 Å². The monoisotopic (exact) mass is 292 g/mol. The molecule has 0 aliphatic carbocycles. The number of carbonyl (C=O) groups excluding carboxylic acids is 1. The highest BCUT2D eigenvalue weighted by atomic mass is 16.4. The standard InChI is InChI=1S/C14H20N4O3/c19-13(20)3-6-17-7-9-18(10-8-17)14(21)16-11-12-1-4-15-5-2-12/h1-2,4-5H,3,6-11H2,(H,16,21)(H,19,20). The van der Waals surface area contributed by atoms with E-state index in [1.54, 1.807) is 17.3 Å². The third-order valence-corrected chi connectivity index (χ3v) is 3.49. The van der Waals surface area contributed by atoms with E-state index >= 15 is 0 Å². The van der Waals surface area contributed by atoms with Crippen LogP contribution in [0.15, 0.2) is 24.5 Å². The smallest absolute Gasteiger partial charge is 0.317 e. The van der Waals surface area contributed by atoms with Gasteiger partial charge in [-0.2, -0.15) is 0 Å². The Morgan fingerprint density at radius 2 is 1.86 bits per heavy atom. The van der Waals surface area contributed by atoms with Gasteiger partial charge in [-0.3, -0.25) is 14.7 Å². The summed E-state index contributed by atoms with van der Waals surface area (Å²) in [5.41, 5.74) is 1.01. The van der Waals surface area contributed by atoms with E-state index in [-0.39, 0.29) is 12.5 Å². The van der Waals surface area contributed by atoms with Gasteiger partial charge in [-0.05, 0) is 17.7 Å². The lowest BCUT2D eigenvalue weighted by molar-refractivity contribution is -0.137. The summed E-state index contributed by atoms with van der Waals surface area (Å²) in [5.74, 6) is -0.785. The fourth-order valence-corrected chi connectivity index (χ4v) is 2.22. The van der Waals surface area contributed by atoms with Crippen LogP contribution in [0.1, 0.15) is 12.0 Å². The third kappa shape index (κ3) is 5.03. The molecule has 0 spiro atoms. The molecule has 2 rings (SSSR count). The van der Waals surface area contributed by atoms with Crippen LogP contribution in [0.25, 0.3) is 0 Å². The quantitative estimate of drug-likeness (QED) is 0.819. The number of carbonyl (C=O) groups is 2. The molecule has 2 heterocycles. The van der Waals surface area contributed by atoms with Crippen molar-refractivity contribution in [3.63, 3.8) is 0 Å². The molecule has 21 heavy (non-hydrogen) atoms. The number of carboxylic acids is 1. The van der Waals surface area contributed by atoms with Crippen LogP contribution < -0.4 is 5.32 Å². The van der Waals surface area contributed by atoms with E-state index in [1.165, 1.54) is 0 Å². The molecule has 0 bridgehead atoms. The van der Waals surface area contributed by atoms with Crippen molar-refractivity contribution in [3.05, 3.63) is 30.1 Å². The maximum Gasteiger partial charge on any atom is 0.317 e. The number of aromatic nitrogens is 1. The number of nitrogens with zero attached hydrogens (tertiary/aromatic N) is 3. The number of nitrogens with one attached hydrogen (secondary N) is 1. The normalized spacial score (nSPS) is 15.7. The Morgan fingerprint density at radius 1 is 1.19 bits per heavy atom. The molecule has 1 aliphatic rings. The van der Waals surface area contributed by atoms with Gasteiger partial charge in [-0.25, -0.2) is 4.79 Å². The van der Waals surface area contributed by atoms with Crippen LogP contribution >= 0.6 is 0 Å². The zero-order valence-corrected chi connectivity index (χ0v) is 11.9. The summed E-state index contributed by atoms with van der Waals surface area (Å²) in [6.07, 6.45) is 3.54. The third-order valence-electron chi connectivity index (χ3n) is 3.49.